The quantitative estimate of drug-likeness (QED) is 0.557. The minimum absolute atomic E-state index is 0.717. The third-order valence-electron chi connectivity index (χ3n) is 8.33. The van der Waals surface area contributed by atoms with E-state index in [0.717, 1.165) is 47.0 Å². The number of rotatable bonds is 4. The van der Waals surface area contributed by atoms with Crippen molar-refractivity contribution in [3.05, 3.63) is 59.7 Å². The summed E-state index contributed by atoms with van der Waals surface area (Å²) in [4.78, 5) is 0. The van der Waals surface area contributed by atoms with Crippen LogP contribution in [0.1, 0.15) is 74.3 Å². The minimum atomic E-state index is 0.717. The van der Waals surface area contributed by atoms with Gasteiger partial charge in [-0.25, -0.2) is 0 Å². The van der Waals surface area contributed by atoms with Gasteiger partial charge in [-0.3, -0.25) is 0 Å². The molecule has 4 aliphatic carbocycles. The molecule has 4 aliphatic rings. The van der Waals surface area contributed by atoms with E-state index in [9.17, 15) is 0 Å². The van der Waals surface area contributed by atoms with Crippen LogP contribution < -0.4 is 4.74 Å². The molecule has 0 saturated heterocycles. The van der Waals surface area contributed by atoms with Crippen LogP contribution in [-0.2, 0) is 0 Å². The normalized spacial score (nSPS) is 36.4. The molecule has 27 heavy (non-hydrogen) atoms. The summed E-state index contributed by atoms with van der Waals surface area (Å²) < 4.78 is 6.68. The topological polar surface area (TPSA) is 9.23 Å². The molecule has 2 aromatic carbocycles. The first kappa shape index (κ1) is 16.2. The molecule has 0 amide bonds. The fourth-order valence-electron chi connectivity index (χ4n) is 7.13. The zero-order valence-electron chi connectivity index (χ0n) is 16.1. The Labute approximate surface area is 163 Å². The first-order chi connectivity index (χ1) is 13.3. The highest BCUT2D eigenvalue weighted by atomic mass is 16.5. The molecule has 0 N–H and O–H groups in total. The average molecular weight is 359 g/mol. The first-order valence-corrected chi connectivity index (χ1v) is 11.2. The SMILES string of the molecule is c1ccc(C2CC3CCC2C3)c(Oc2ccccc2C2CC3CCC2C3)c1. The average Bonchev–Trinajstić information content (AvgIpc) is 3.50. The summed E-state index contributed by atoms with van der Waals surface area (Å²) in [6.07, 6.45) is 11.4. The number of hydrogen-bond acceptors (Lipinski definition) is 1. The summed E-state index contributed by atoms with van der Waals surface area (Å²) in [6, 6.07) is 17.8. The lowest BCUT2D eigenvalue weighted by atomic mass is 9.82. The van der Waals surface area contributed by atoms with Gasteiger partial charge in [0.15, 0.2) is 0 Å². The van der Waals surface area contributed by atoms with Gasteiger partial charge in [-0.15, -0.1) is 0 Å². The van der Waals surface area contributed by atoms with E-state index < -0.39 is 0 Å². The maximum absolute atomic E-state index is 6.68. The number of fused-ring (bicyclic) bond motifs is 4. The van der Waals surface area contributed by atoms with E-state index in [-0.39, 0.29) is 0 Å². The molecule has 2 aromatic rings. The zero-order valence-corrected chi connectivity index (χ0v) is 16.1. The highest BCUT2D eigenvalue weighted by molar-refractivity contribution is 5.45. The van der Waals surface area contributed by atoms with Gasteiger partial charge in [-0.2, -0.15) is 0 Å². The van der Waals surface area contributed by atoms with Crippen LogP contribution in [0.3, 0.4) is 0 Å². The van der Waals surface area contributed by atoms with E-state index in [4.69, 9.17) is 4.74 Å². The fourth-order valence-corrected chi connectivity index (χ4v) is 7.13. The summed E-state index contributed by atoms with van der Waals surface area (Å²) in [5.41, 5.74) is 2.93. The van der Waals surface area contributed by atoms with Crippen LogP contribution >= 0.6 is 0 Å². The molecule has 0 aromatic heterocycles. The van der Waals surface area contributed by atoms with Crippen molar-refractivity contribution in [2.24, 2.45) is 23.7 Å². The van der Waals surface area contributed by atoms with E-state index in [1.54, 1.807) is 0 Å². The van der Waals surface area contributed by atoms with Gasteiger partial charge in [0.2, 0.25) is 0 Å². The molecule has 140 valence electrons. The second-order valence-electron chi connectivity index (χ2n) is 9.74. The highest BCUT2D eigenvalue weighted by Gasteiger charge is 2.42. The van der Waals surface area contributed by atoms with Gasteiger partial charge >= 0.3 is 0 Å². The molecule has 6 rings (SSSR count). The van der Waals surface area contributed by atoms with Crippen LogP contribution in [0.15, 0.2) is 48.5 Å². The van der Waals surface area contributed by atoms with Crippen molar-refractivity contribution in [3.8, 4) is 11.5 Å². The third-order valence-corrected chi connectivity index (χ3v) is 8.33. The number of para-hydroxylation sites is 2. The lowest BCUT2D eigenvalue weighted by molar-refractivity contribution is 0.387. The van der Waals surface area contributed by atoms with E-state index in [1.165, 1.54) is 62.5 Å². The van der Waals surface area contributed by atoms with Crippen molar-refractivity contribution in [2.75, 3.05) is 0 Å². The summed E-state index contributed by atoms with van der Waals surface area (Å²) in [5, 5.41) is 0. The third kappa shape index (κ3) is 2.73. The van der Waals surface area contributed by atoms with Crippen molar-refractivity contribution in [2.45, 2.75) is 63.2 Å². The van der Waals surface area contributed by atoms with E-state index in [0.29, 0.717) is 0 Å². The predicted octanol–water partition coefficient (Wildman–Crippen LogP) is 7.29. The fraction of sp³-hybridized carbons (Fsp3) is 0.538. The van der Waals surface area contributed by atoms with Gasteiger partial charge in [0.05, 0.1) is 0 Å². The number of ether oxygens (including phenoxy) is 1. The molecule has 0 heterocycles. The Hall–Kier alpha value is -1.76. The largest absolute Gasteiger partial charge is 0.457 e. The van der Waals surface area contributed by atoms with Crippen LogP contribution in [0.2, 0.25) is 0 Å². The zero-order chi connectivity index (χ0) is 17.8. The van der Waals surface area contributed by atoms with Crippen molar-refractivity contribution in [3.63, 3.8) is 0 Å². The molecule has 0 spiro atoms. The second kappa shape index (κ2) is 6.40. The Kier molecular flexibility index (Phi) is 3.84. The van der Waals surface area contributed by atoms with Crippen molar-refractivity contribution in [1.82, 2.24) is 0 Å². The lowest BCUT2D eigenvalue weighted by Gasteiger charge is -2.26. The molecule has 0 aliphatic heterocycles. The van der Waals surface area contributed by atoms with Crippen molar-refractivity contribution >= 4 is 0 Å². The summed E-state index contributed by atoms with van der Waals surface area (Å²) in [6.45, 7) is 0. The van der Waals surface area contributed by atoms with Crippen LogP contribution in [0.5, 0.6) is 11.5 Å². The number of hydrogen-bond donors (Lipinski definition) is 0. The Morgan fingerprint density at radius 1 is 0.556 bits per heavy atom. The summed E-state index contributed by atoms with van der Waals surface area (Å²) in [5.74, 6) is 7.38. The molecule has 0 radical (unpaired) electrons. The minimum Gasteiger partial charge on any atom is -0.457 e. The molecule has 1 heteroatoms. The van der Waals surface area contributed by atoms with Crippen LogP contribution in [0.4, 0.5) is 0 Å². The maximum Gasteiger partial charge on any atom is 0.130 e. The highest BCUT2D eigenvalue weighted by Crippen LogP contribution is 2.56. The van der Waals surface area contributed by atoms with Crippen LogP contribution in [0, 0.1) is 23.7 Å². The number of benzene rings is 2. The van der Waals surface area contributed by atoms with Gasteiger partial charge in [-0.05, 0) is 97.3 Å². The van der Waals surface area contributed by atoms with Crippen molar-refractivity contribution in [1.29, 1.82) is 0 Å². The molecule has 6 unspecified atom stereocenters. The lowest BCUT2D eigenvalue weighted by Crippen LogP contribution is -2.11. The Balaban J connectivity index is 1.32. The van der Waals surface area contributed by atoms with Crippen LogP contribution in [-0.4, -0.2) is 0 Å². The second-order valence-corrected chi connectivity index (χ2v) is 9.74. The van der Waals surface area contributed by atoms with E-state index in [2.05, 4.69) is 48.5 Å². The molecule has 1 nitrogen and oxygen atoms in total. The first-order valence-electron chi connectivity index (χ1n) is 11.2. The molecule has 6 atom stereocenters. The van der Waals surface area contributed by atoms with Gasteiger partial charge in [-0.1, -0.05) is 49.2 Å². The Morgan fingerprint density at radius 2 is 1.04 bits per heavy atom. The standard InChI is InChI=1S/C26H30O/c1-3-7-25(21(5-1)23-15-17-9-11-19(23)13-17)27-26-8-4-2-6-22(26)24-16-18-10-12-20(24)14-18/h1-8,17-20,23-24H,9-16H2. The maximum atomic E-state index is 6.68. The van der Waals surface area contributed by atoms with Gasteiger partial charge in [0.25, 0.3) is 0 Å². The van der Waals surface area contributed by atoms with Gasteiger partial charge < -0.3 is 4.74 Å². The smallest absolute Gasteiger partial charge is 0.130 e. The Bertz CT molecular complexity index is 770. The van der Waals surface area contributed by atoms with E-state index in [1.807, 2.05) is 0 Å². The predicted molar refractivity (Wildman–Crippen MR) is 109 cm³/mol. The molecular weight excluding hydrogens is 328 g/mol. The summed E-state index contributed by atoms with van der Waals surface area (Å²) >= 11 is 0. The van der Waals surface area contributed by atoms with Crippen molar-refractivity contribution < 1.29 is 4.74 Å². The van der Waals surface area contributed by atoms with Gasteiger partial charge in [0, 0.05) is 0 Å². The molecular formula is C26H30O. The molecule has 4 saturated carbocycles. The Morgan fingerprint density at radius 3 is 1.44 bits per heavy atom. The van der Waals surface area contributed by atoms with E-state index >= 15 is 0 Å². The summed E-state index contributed by atoms with van der Waals surface area (Å²) in [7, 11) is 0. The van der Waals surface area contributed by atoms with Crippen LogP contribution in [0.25, 0.3) is 0 Å². The molecule has 4 bridgehead atoms. The van der Waals surface area contributed by atoms with Gasteiger partial charge in [0.1, 0.15) is 11.5 Å². The molecule has 4 fully saturated rings. The monoisotopic (exact) mass is 358 g/mol.